The summed E-state index contributed by atoms with van der Waals surface area (Å²) in [5, 5.41) is 0. The molecule has 0 saturated heterocycles. The molecule has 0 radical (unpaired) electrons. The lowest BCUT2D eigenvalue weighted by atomic mass is 9.48. The van der Waals surface area contributed by atoms with Crippen LogP contribution in [0.4, 0.5) is 0 Å². The number of fused-ring (bicyclic) bond motifs is 5. The number of carbonyl (C=O) groups is 2. The predicted molar refractivity (Wildman–Crippen MR) is 103 cm³/mol. The van der Waals surface area contributed by atoms with Crippen LogP contribution >= 0.6 is 0 Å². The molecule has 0 unspecified atom stereocenters. The molecule has 27 heavy (non-hydrogen) atoms. The van der Waals surface area contributed by atoms with Crippen molar-refractivity contribution < 1.29 is 19.1 Å². The fraction of sp³-hybridized carbons (Fsp3) is 0.826. The van der Waals surface area contributed by atoms with Gasteiger partial charge in [-0.3, -0.25) is 9.59 Å². The topological polar surface area (TPSA) is 52.6 Å². The second kappa shape index (κ2) is 6.63. The average molecular weight is 375 g/mol. The van der Waals surface area contributed by atoms with E-state index in [9.17, 15) is 9.59 Å². The average Bonchev–Trinajstić information content (AvgIpc) is 2.91. The van der Waals surface area contributed by atoms with Crippen molar-refractivity contribution in [3.8, 4) is 0 Å². The van der Waals surface area contributed by atoms with Gasteiger partial charge in [0.25, 0.3) is 0 Å². The molecule has 4 heteroatoms. The van der Waals surface area contributed by atoms with E-state index in [1.54, 1.807) is 6.92 Å². The van der Waals surface area contributed by atoms with Crippen LogP contribution in [-0.4, -0.2) is 24.1 Å². The minimum absolute atomic E-state index is 0.0621. The van der Waals surface area contributed by atoms with Gasteiger partial charge >= 0.3 is 11.9 Å². The summed E-state index contributed by atoms with van der Waals surface area (Å²) in [6, 6.07) is 0. The number of rotatable bonds is 2. The number of carbonyl (C=O) groups excluding carboxylic acids is 2. The van der Waals surface area contributed by atoms with Crippen LogP contribution in [0.5, 0.6) is 0 Å². The van der Waals surface area contributed by atoms with Crippen LogP contribution < -0.4 is 0 Å². The summed E-state index contributed by atoms with van der Waals surface area (Å²) in [7, 11) is 0. The van der Waals surface area contributed by atoms with Crippen molar-refractivity contribution in [2.45, 2.75) is 91.3 Å². The second-order valence-corrected chi connectivity index (χ2v) is 9.95. The summed E-state index contributed by atoms with van der Waals surface area (Å²) in [5.74, 6) is 1.77. The Labute approximate surface area is 163 Å². The molecule has 0 aromatic heterocycles. The first kappa shape index (κ1) is 19.0. The molecule has 3 fully saturated rings. The summed E-state index contributed by atoms with van der Waals surface area (Å²) >= 11 is 0. The highest BCUT2D eigenvalue weighted by molar-refractivity contribution is 5.66. The lowest BCUT2D eigenvalue weighted by molar-refractivity contribution is -0.157. The van der Waals surface area contributed by atoms with E-state index < -0.39 is 0 Å². The number of esters is 2. The number of hydrogen-bond donors (Lipinski definition) is 0. The molecule has 0 heterocycles. The minimum Gasteiger partial charge on any atom is -0.462 e. The van der Waals surface area contributed by atoms with E-state index >= 15 is 0 Å². The SMILES string of the molecule is CC(=O)O[C@@H]1CC[C@@]2(C)C(=CC[C@H]3[C@H]2CC[C@]2(C)[C@H](OC(C)=O)CC[C@@H]32)C1. The third-order valence-electron chi connectivity index (χ3n) is 8.61. The van der Waals surface area contributed by atoms with Crippen molar-refractivity contribution in [3.05, 3.63) is 11.6 Å². The summed E-state index contributed by atoms with van der Waals surface area (Å²) in [6.45, 7) is 7.88. The molecule has 0 spiro atoms. The molecule has 0 aliphatic heterocycles. The third kappa shape index (κ3) is 3.03. The maximum Gasteiger partial charge on any atom is 0.302 e. The maximum absolute atomic E-state index is 11.6. The molecule has 0 N–H and O–H groups in total. The van der Waals surface area contributed by atoms with Crippen molar-refractivity contribution in [3.63, 3.8) is 0 Å². The first-order valence-electron chi connectivity index (χ1n) is 10.8. The quantitative estimate of drug-likeness (QED) is 0.514. The van der Waals surface area contributed by atoms with E-state index in [1.165, 1.54) is 25.3 Å². The Bertz CT molecular complexity index is 667. The van der Waals surface area contributed by atoms with E-state index in [0.717, 1.165) is 38.5 Å². The van der Waals surface area contributed by atoms with Crippen molar-refractivity contribution in [1.29, 1.82) is 0 Å². The first-order chi connectivity index (χ1) is 12.7. The van der Waals surface area contributed by atoms with E-state index in [2.05, 4.69) is 19.9 Å². The fourth-order valence-electron chi connectivity index (χ4n) is 7.31. The van der Waals surface area contributed by atoms with Gasteiger partial charge in [-0.15, -0.1) is 0 Å². The fourth-order valence-corrected chi connectivity index (χ4v) is 7.31. The predicted octanol–water partition coefficient (Wildman–Crippen LogP) is 4.81. The standard InChI is InChI=1S/C23H34O4/c1-14(24)26-17-9-11-22(3)16(13-17)5-6-18-19-7-8-21(27-15(2)25)23(19,4)12-10-20(18)22/h5,17-21H,6-13H2,1-4H3/t17-,18-,19+,20-,21-,22+,23+/m1/s1. The Morgan fingerprint density at radius 2 is 1.70 bits per heavy atom. The molecule has 3 saturated carbocycles. The normalized spacial score (nSPS) is 45.8. The summed E-state index contributed by atoms with van der Waals surface area (Å²) in [4.78, 5) is 22.9. The van der Waals surface area contributed by atoms with E-state index in [-0.39, 0.29) is 35.0 Å². The van der Waals surface area contributed by atoms with Gasteiger partial charge in [0.15, 0.2) is 0 Å². The van der Waals surface area contributed by atoms with Crippen LogP contribution in [0.1, 0.15) is 79.1 Å². The van der Waals surface area contributed by atoms with Gasteiger partial charge in [0.05, 0.1) is 0 Å². The molecule has 0 aromatic rings. The van der Waals surface area contributed by atoms with Crippen LogP contribution in [0, 0.1) is 28.6 Å². The molecule has 0 amide bonds. The molecule has 4 nitrogen and oxygen atoms in total. The summed E-state index contributed by atoms with van der Waals surface area (Å²) in [5.41, 5.74) is 1.92. The molecule has 0 aromatic carbocycles. The maximum atomic E-state index is 11.6. The number of hydrogen-bond acceptors (Lipinski definition) is 4. The smallest absolute Gasteiger partial charge is 0.302 e. The Morgan fingerprint density at radius 3 is 2.41 bits per heavy atom. The Balaban J connectivity index is 1.55. The minimum atomic E-state index is -0.159. The van der Waals surface area contributed by atoms with Gasteiger partial charge in [-0.25, -0.2) is 0 Å². The van der Waals surface area contributed by atoms with Gasteiger partial charge in [0, 0.05) is 25.7 Å². The van der Waals surface area contributed by atoms with Crippen LogP contribution in [0.2, 0.25) is 0 Å². The molecule has 4 aliphatic rings. The van der Waals surface area contributed by atoms with Crippen LogP contribution in [0.3, 0.4) is 0 Å². The van der Waals surface area contributed by atoms with Crippen LogP contribution in [-0.2, 0) is 19.1 Å². The molecular weight excluding hydrogens is 340 g/mol. The van der Waals surface area contributed by atoms with Crippen LogP contribution in [0.15, 0.2) is 11.6 Å². The molecular formula is C23H34O4. The summed E-state index contributed by atoms with van der Waals surface area (Å²) < 4.78 is 11.3. The largest absolute Gasteiger partial charge is 0.462 e. The van der Waals surface area contributed by atoms with Crippen LogP contribution in [0.25, 0.3) is 0 Å². The second-order valence-electron chi connectivity index (χ2n) is 9.95. The molecule has 7 atom stereocenters. The highest BCUT2D eigenvalue weighted by Gasteiger charge is 2.59. The van der Waals surface area contributed by atoms with Gasteiger partial charge in [-0.2, -0.15) is 0 Å². The van der Waals surface area contributed by atoms with Gasteiger partial charge in [-0.05, 0) is 68.1 Å². The van der Waals surface area contributed by atoms with Crippen molar-refractivity contribution in [2.24, 2.45) is 28.6 Å². The Kier molecular flexibility index (Phi) is 4.67. The molecule has 150 valence electrons. The van der Waals surface area contributed by atoms with Crippen molar-refractivity contribution in [1.82, 2.24) is 0 Å². The van der Waals surface area contributed by atoms with Crippen molar-refractivity contribution in [2.75, 3.05) is 0 Å². The third-order valence-corrected chi connectivity index (χ3v) is 8.61. The van der Waals surface area contributed by atoms with E-state index in [4.69, 9.17) is 9.47 Å². The highest BCUT2D eigenvalue weighted by atomic mass is 16.5. The lowest BCUT2D eigenvalue weighted by Gasteiger charge is -2.57. The van der Waals surface area contributed by atoms with Gasteiger partial charge in [0.2, 0.25) is 0 Å². The molecule has 4 rings (SSSR count). The number of allylic oxidation sites excluding steroid dienone is 1. The van der Waals surface area contributed by atoms with Crippen molar-refractivity contribution >= 4 is 11.9 Å². The molecule has 0 bridgehead atoms. The highest BCUT2D eigenvalue weighted by Crippen LogP contribution is 2.65. The van der Waals surface area contributed by atoms with E-state index in [1.807, 2.05) is 0 Å². The molecule has 4 aliphatic carbocycles. The monoisotopic (exact) mass is 374 g/mol. The summed E-state index contributed by atoms with van der Waals surface area (Å²) in [6.07, 6.45) is 11.4. The van der Waals surface area contributed by atoms with Gasteiger partial charge in [-0.1, -0.05) is 25.5 Å². The zero-order chi connectivity index (χ0) is 19.4. The number of ether oxygens (including phenoxy) is 2. The first-order valence-corrected chi connectivity index (χ1v) is 10.8. The lowest BCUT2D eigenvalue weighted by Crippen LogP contribution is -2.51. The zero-order valence-electron chi connectivity index (χ0n) is 17.3. The van der Waals surface area contributed by atoms with E-state index in [0.29, 0.717) is 17.8 Å². The Morgan fingerprint density at radius 1 is 0.963 bits per heavy atom. The van der Waals surface area contributed by atoms with Gasteiger partial charge < -0.3 is 9.47 Å². The van der Waals surface area contributed by atoms with Gasteiger partial charge in [0.1, 0.15) is 12.2 Å². The zero-order valence-corrected chi connectivity index (χ0v) is 17.3. The Hall–Kier alpha value is -1.32.